The van der Waals surface area contributed by atoms with Gasteiger partial charge in [-0.3, -0.25) is 9.18 Å². The molecule has 0 bridgehead atoms. The van der Waals surface area contributed by atoms with E-state index in [4.69, 9.17) is 4.74 Å². The molecule has 3 rings (SSSR count). The second kappa shape index (κ2) is 15.5. The lowest BCUT2D eigenvalue weighted by Gasteiger charge is -2.21. The predicted octanol–water partition coefficient (Wildman–Crippen LogP) is 6.38. The predicted molar refractivity (Wildman–Crippen MR) is 129 cm³/mol. The van der Waals surface area contributed by atoms with Crippen molar-refractivity contribution < 1.29 is 18.3 Å². The summed E-state index contributed by atoms with van der Waals surface area (Å²) >= 11 is 0. The average molecular weight is 445 g/mol. The molecule has 4 nitrogen and oxygen atoms in total. The molecule has 2 aromatic carbocycles. The highest BCUT2D eigenvalue weighted by Gasteiger charge is 2.43. The van der Waals surface area contributed by atoms with E-state index in [2.05, 4.69) is 16.9 Å². The van der Waals surface area contributed by atoms with Crippen molar-refractivity contribution in [3.63, 3.8) is 0 Å². The van der Waals surface area contributed by atoms with Crippen molar-refractivity contribution in [2.45, 2.75) is 39.7 Å². The Balaban J connectivity index is 0.000000926. The summed E-state index contributed by atoms with van der Waals surface area (Å²) in [6.07, 6.45) is 6.24. The molecule has 0 spiro atoms. The van der Waals surface area contributed by atoms with Gasteiger partial charge in [0, 0.05) is 5.56 Å². The summed E-state index contributed by atoms with van der Waals surface area (Å²) in [4.78, 5) is 17.2. The van der Waals surface area contributed by atoms with Crippen LogP contribution in [-0.4, -0.2) is 26.0 Å². The Kier molecular flexibility index (Phi) is 13.9. The molecule has 1 amide bonds. The van der Waals surface area contributed by atoms with Crippen LogP contribution >= 0.6 is 0 Å². The Morgan fingerprint density at radius 2 is 1.53 bits per heavy atom. The van der Waals surface area contributed by atoms with Crippen LogP contribution in [0, 0.1) is 5.82 Å². The van der Waals surface area contributed by atoms with Crippen LogP contribution in [-0.2, 0) is 10.3 Å². The zero-order valence-corrected chi connectivity index (χ0v) is 19.8. The number of alkyl halides is 1. The first-order valence-electron chi connectivity index (χ1n) is 10.3. The van der Waals surface area contributed by atoms with E-state index in [1.165, 1.54) is 12.1 Å². The first-order valence-corrected chi connectivity index (χ1v) is 10.3. The Hall–Kier alpha value is -3.28. The molecule has 174 valence electrons. The third kappa shape index (κ3) is 7.76. The van der Waals surface area contributed by atoms with E-state index in [0.717, 1.165) is 11.3 Å². The molecule has 1 N–H and O–H groups in total. The van der Waals surface area contributed by atoms with Crippen molar-refractivity contribution in [3.05, 3.63) is 90.3 Å². The van der Waals surface area contributed by atoms with Gasteiger partial charge >= 0.3 is 0 Å². The van der Waals surface area contributed by atoms with Crippen LogP contribution in [0.4, 0.5) is 8.78 Å². The molecule has 6 heteroatoms. The molecule has 1 atom stereocenters. The van der Waals surface area contributed by atoms with Crippen LogP contribution in [0.3, 0.4) is 0 Å². The van der Waals surface area contributed by atoms with Gasteiger partial charge in [0.15, 0.2) is 5.54 Å². The molecule has 0 aliphatic carbocycles. The van der Waals surface area contributed by atoms with Crippen molar-refractivity contribution in [3.8, 4) is 5.75 Å². The van der Waals surface area contributed by atoms with Crippen LogP contribution in [0.2, 0.25) is 0 Å². The van der Waals surface area contributed by atoms with Gasteiger partial charge in [0.2, 0.25) is 0 Å². The molecule has 1 aliphatic rings. The maximum atomic E-state index is 13.2. The Bertz CT molecular complexity index is 872. The van der Waals surface area contributed by atoms with E-state index in [-0.39, 0.29) is 11.7 Å². The highest BCUT2D eigenvalue weighted by atomic mass is 19.1. The number of carbonyl (C=O) groups is 1. The number of nitrogens with one attached hydrogen (secondary N) is 1. The smallest absolute Gasteiger partial charge is 0.258 e. The largest absolute Gasteiger partial charge is 0.497 e. The number of aliphatic imine (C=N–C) groups is 1. The number of halogens is 2. The summed E-state index contributed by atoms with van der Waals surface area (Å²) in [7, 11) is 2.10. The monoisotopic (exact) mass is 444 g/mol. The minimum atomic E-state index is -1.01. The lowest BCUT2D eigenvalue weighted by atomic mass is 9.88. The van der Waals surface area contributed by atoms with Crippen LogP contribution < -0.4 is 10.1 Å². The molecule has 1 unspecified atom stereocenters. The number of methoxy groups -OCH3 is 1. The summed E-state index contributed by atoms with van der Waals surface area (Å²) in [6, 6.07) is 13.2. The van der Waals surface area contributed by atoms with Crippen molar-refractivity contribution in [2.24, 2.45) is 4.99 Å². The van der Waals surface area contributed by atoms with Gasteiger partial charge in [-0.05, 0) is 69.2 Å². The van der Waals surface area contributed by atoms with Gasteiger partial charge in [0.1, 0.15) is 17.4 Å². The third-order valence-corrected chi connectivity index (χ3v) is 4.44. The molecule has 0 fully saturated rings. The number of hydrogen-bond donors (Lipinski definition) is 1. The van der Waals surface area contributed by atoms with Gasteiger partial charge in [-0.1, -0.05) is 37.3 Å². The van der Waals surface area contributed by atoms with Crippen molar-refractivity contribution in [1.82, 2.24) is 5.32 Å². The van der Waals surface area contributed by atoms with E-state index >= 15 is 0 Å². The summed E-state index contributed by atoms with van der Waals surface area (Å²) < 4.78 is 27.8. The van der Waals surface area contributed by atoms with Crippen molar-refractivity contribution in [2.75, 3.05) is 14.3 Å². The van der Waals surface area contributed by atoms with Gasteiger partial charge in [0.25, 0.3) is 5.91 Å². The third-order valence-electron chi connectivity index (χ3n) is 4.44. The van der Waals surface area contributed by atoms with E-state index < -0.39 is 5.54 Å². The van der Waals surface area contributed by atoms with Crippen LogP contribution in [0.15, 0.2) is 78.3 Å². The minimum absolute atomic E-state index is 0.197. The summed E-state index contributed by atoms with van der Waals surface area (Å²) in [5, 5.41) is 2.84. The van der Waals surface area contributed by atoms with Gasteiger partial charge in [-0.2, -0.15) is 0 Å². The molecule has 32 heavy (non-hydrogen) atoms. The van der Waals surface area contributed by atoms with E-state index in [1.54, 1.807) is 25.3 Å². The lowest BCUT2D eigenvalue weighted by molar-refractivity contribution is -0.124. The number of benzene rings is 2. The molecule has 2 aromatic rings. The maximum Gasteiger partial charge on any atom is 0.258 e. The maximum absolute atomic E-state index is 13.2. The van der Waals surface area contributed by atoms with Crippen molar-refractivity contribution >= 4 is 11.7 Å². The van der Waals surface area contributed by atoms with Gasteiger partial charge < -0.3 is 10.1 Å². The highest BCUT2D eigenvalue weighted by molar-refractivity contribution is 6.15. The van der Waals surface area contributed by atoms with Crippen LogP contribution in [0.25, 0.3) is 0 Å². The Labute approximate surface area is 190 Å². The number of carbonyl (C=O) groups excluding carboxylic acids is 1. The molecule has 0 saturated carbocycles. The number of nitrogens with zero attached hydrogens (tertiary/aromatic N) is 1. The first-order chi connectivity index (χ1) is 15.4. The van der Waals surface area contributed by atoms with E-state index in [9.17, 15) is 13.6 Å². The molecule has 0 aromatic heterocycles. The summed E-state index contributed by atoms with van der Waals surface area (Å²) in [5.41, 5.74) is 0.474. The lowest BCUT2D eigenvalue weighted by Crippen LogP contribution is -2.37. The minimum Gasteiger partial charge on any atom is -0.497 e. The van der Waals surface area contributed by atoms with Gasteiger partial charge in [-0.25, -0.2) is 9.38 Å². The first kappa shape index (κ1) is 28.7. The number of rotatable bonds is 4. The number of ether oxygens (including phenoxy) is 1. The molecule has 0 saturated heterocycles. The standard InChI is InChI=1S/C18H17FN2O2.C4H8.C3H6.CH3F/c1-3-18(13-6-8-14(19)9-7-13)17(22)20-16(21-18)12-4-10-15(23-2)11-5-12;1-3-4-2;1-3-2;1-2/h4-11H,3H2,1-2H3,(H,20,21,22);3-4H,1-2H3;3H,1H2,2H3;1H3/b;4-3-;;. The zero-order chi connectivity index (χ0) is 24.6. The SMILES string of the molecule is C/C=C\C.C=CC.CCC1(c2ccc(F)cc2)N=C(c2ccc(OC)cc2)NC1=O.CF. The fourth-order valence-corrected chi connectivity index (χ4v) is 2.73. The normalized spacial score (nSPS) is 16.2. The number of amidine groups is 1. The molecule has 1 aliphatic heterocycles. The Morgan fingerprint density at radius 3 is 1.94 bits per heavy atom. The average Bonchev–Trinajstić information content (AvgIpc) is 3.19. The van der Waals surface area contributed by atoms with Crippen LogP contribution in [0.5, 0.6) is 5.75 Å². The van der Waals surface area contributed by atoms with Crippen molar-refractivity contribution in [1.29, 1.82) is 0 Å². The van der Waals surface area contributed by atoms with Gasteiger partial charge in [0.05, 0.1) is 14.3 Å². The topological polar surface area (TPSA) is 50.7 Å². The summed E-state index contributed by atoms with van der Waals surface area (Å²) in [6.45, 7) is 11.1. The fraction of sp³-hybridized carbons (Fsp3) is 0.308. The second-order valence-corrected chi connectivity index (χ2v) is 6.44. The molecule has 1 heterocycles. The van der Waals surface area contributed by atoms with E-state index in [0.29, 0.717) is 25.0 Å². The Morgan fingerprint density at radius 1 is 1.03 bits per heavy atom. The molecule has 0 radical (unpaired) electrons. The van der Waals surface area contributed by atoms with E-state index in [1.807, 2.05) is 64.1 Å². The fourth-order valence-electron chi connectivity index (χ4n) is 2.73. The number of allylic oxidation sites excluding steroid dienone is 3. The number of hydrogen-bond acceptors (Lipinski definition) is 3. The highest BCUT2D eigenvalue weighted by Crippen LogP contribution is 2.34. The summed E-state index contributed by atoms with van der Waals surface area (Å²) in [5.74, 6) is 0.720. The molecular weight excluding hydrogens is 410 g/mol. The second-order valence-electron chi connectivity index (χ2n) is 6.44. The number of amides is 1. The zero-order valence-electron chi connectivity index (χ0n) is 19.8. The van der Waals surface area contributed by atoms with Crippen LogP contribution in [0.1, 0.15) is 45.2 Å². The molecular formula is C26H34F2N2O2. The quantitative estimate of drug-likeness (QED) is 0.557. The van der Waals surface area contributed by atoms with Gasteiger partial charge in [-0.15, -0.1) is 6.58 Å².